The number of aromatic nitrogens is 1. The monoisotopic (exact) mass is 290 g/mol. The predicted octanol–water partition coefficient (Wildman–Crippen LogP) is 4.17. The van der Waals surface area contributed by atoms with E-state index in [1.165, 1.54) is 12.0 Å². The van der Waals surface area contributed by atoms with E-state index in [1.54, 1.807) is 0 Å². The zero-order valence-corrected chi connectivity index (χ0v) is 14.1. The van der Waals surface area contributed by atoms with Gasteiger partial charge in [-0.1, -0.05) is 19.9 Å². The Bertz CT molecular complexity index is 426. The molecule has 1 aliphatic rings. The van der Waals surface area contributed by atoms with Gasteiger partial charge in [-0.25, -0.2) is 4.98 Å². The molecule has 2 unspecified atom stereocenters. The molecule has 21 heavy (non-hydrogen) atoms. The summed E-state index contributed by atoms with van der Waals surface area (Å²) >= 11 is 0. The van der Waals surface area contributed by atoms with Crippen LogP contribution in [0.4, 0.5) is 0 Å². The quantitative estimate of drug-likeness (QED) is 0.903. The highest BCUT2D eigenvalue weighted by Gasteiger charge is 2.25. The lowest BCUT2D eigenvalue weighted by Crippen LogP contribution is -2.35. The average Bonchev–Trinajstić information content (AvgIpc) is 2.36. The van der Waals surface area contributed by atoms with Crippen molar-refractivity contribution in [3.8, 4) is 5.88 Å². The molecule has 0 radical (unpaired) electrons. The SMILES string of the molecule is CC1CC(C)CC(Oc2ccc(CNC(C)(C)C)cn2)C1. The molecule has 3 heteroatoms. The van der Waals surface area contributed by atoms with Crippen molar-refractivity contribution in [3.63, 3.8) is 0 Å². The van der Waals surface area contributed by atoms with Crippen LogP contribution in [0.3, 0.4) is 0 Å². The van der Waals surface area contributed by atoms with E-state index in [4.69, 9.17) is 4.74 Å². The first-order valence-electron chi connectivity index (χ1n) is 8.18. The normalized spacial score (nSPS) is 26.6. The fourth-order valence-corrected chi connectivity index (χ4v) is 3.09. The summed E-state index contributed by atoms with van der Waals surface area (Å²) < 4.78 is 6.07. The summed E-state index contributed by atoms with van der Waals surface area (Å²) in [7, 11) is 0. The van der Waals surface area contributed by atoms with Crippen LogP contribution >= 0.6 is 0 Å². The Morgan fingerprint density at radius 3 is 2.33 bits per heavy atom. The second-order valence-electron chi connectivity index (χ2n) is 7.77. The zero-order chi connectivity index (χ0) is 15.5. The van der Waals surface area contributed by atoms with Gasteiger partial charge in [0.15, 0.2) is 0 Å². The minimum atomic E-state index is 0.129. The molecule has 0 bridgehead atoms. The molecule has 1 saturated carbocycles. The Kier molecular flexibility index (Phi) is 5.26. The molecule has 0 spiro atoms. The molecule has 1 heterocycles. The van der Waals surface area contributed by atoms with Crippen molar-refractivity contribution in [1.82, 2.24) is 10.3 Å². The Labute approximate surface area is 129 Å². The van der Waals surface area contributed by atoms with Gasteiger partial charge < -0.3 is 10.1 Å². The predicted molar refractivity (Wildman–Crippen MR) is 87.4 cm³/mol. The molecule has 1 aromatic rings. The minimum absolute atomic E-state index is 0.129. The van der Waals surface area contributed by atoms with Gasteiger partial charge in [0.2, 0.25) is 5.88 Å². The van der Waals surface area contributed by atoms with Gasteiger partial charge >= 0.3 is 0 Å². The fourth-order valence-electron chi connectivity index (χ4n) is 3.09. The largest absolute Gasteiger partial charge is 0.474 e. The Morgan fingerprint density at radius 2 is 1.81 bits per heavy atom. The van der Waals surface area contributed by atoms with Crippen molar-refractivity contribution in [2.24, 2.45) is 11.8 Å². The van der Waals surface area contributed by atoms with Gasteiger partial charge in [0, 0.05) is 24.3 Å². The van der Waals surface area contributed by atoms with Crippen molar-refractivity contribution in [3.05, 3.63) is 23.9 Å². The molecule has 1 fully saturated rings. The Morgan fingerprint density at radius 1 is 1.14 bits per heavy atom. The van der Waals surface area contributed by atoms with Gasteiger partial charge in [0.25, 0.3) is 0 Å². The summed E-state index contributed by atoms with van der Waals surface area (Å²) in [5.41, 5.74) is 1.33. The van der Waals surface area contributed by atoms with Crippen LogP contribution in [0.5, 0.6) is 5.88 Å². The smallest absolute Gasteiger partial charge is 0.213 e. The maximum Gasteiger partial charge on any atom is 0.213 e. The minimum Gasteiger partial charge on any atom is -0.474 e. The molecule has 118 valence electrons. The number of pyridine rings is 1. The maximum absolute atomic E-state index is 6.07. The molecule has 0 aliphatic heterocycles. The van der Waals surface area contributed by atoms with E-state index in [2.05, 4.69) is 51.0 Å². The molecular formula is C18H30N2O. The second-order valence-corrected chi connectivity index (χ2v) is 7.77. The van der Waals surface area contributed by atoms with Crippen LogP contribution in [0.1, 0.15) is 59.4 Å². The molecule has 0 aromatic carbocycles. The van der Waals surface area contributed by atoms with Crippen molar-refractivity contribution >= 4 is 0 Å². The molecule has 2 atom stereocenters. The Hall–Kier alpha value is -1.09. The van der Waals surface area contributed by atoms with Crippen molar-refractivity contribution in [1.29, 1.82) is 0 Å². The lowest BCUT2D eigenvalue weighted by molar-refractivity contribution is 0.0967. The average molecular weight is 290 g/mol. The van der Waals surface area contributed by atoms with Crippen LogP contribution in [-0.2, 0) is 6.54 Å². The molecule has 1 N–H and O–H groups in total. The van der Waals surface area contributed by atoms with Gasteiger partial charge in [0.1, 0.15) is 6.10 Å². The summed E-state index contributed by atoms with van der Waals surface area (Å²) in [4.78, 5) is 4.46. The third kappa shape index (κ3) is 5.66. The highest BCUT2D eigenvalue weighted by Crippen LogP contribution is 2.30. The van der Waals surface area contributed by atoms with Crippen LogP contribution in [0, 0.1) is 11.8 Å². The van der Waals surface area contributed by atoms with Gasteiger partial charge in [-0.2, -0.15) is 0 Å². The standard InChI is InChI=1S/C18H30N2O/c1-13-8-14(2)10-16(9-13)21-17-7-6-15(11-19-17)12-20-18(3,4)5/h6-7,11,13-14,16,20H,8-10,12H2,1-5H3. The van der Waals surface area contributed by atoms with E-state index in [0.717, 1.165) is 37.1 Å². The van der Waals surface area contributed by atoms with E-state index >= 15 is 0 Å². The van der Waals surface area contributed by atoms with Gasteiger partial charge in [-0.3, -0.25) is 0 Å². The Balaban J connectivity index is 1.87. The number of nitrogens with zero attached hydrogens (tertiary/aromatic N) is 1. The van der Waals surface area contributed by atoms with E-state index < -0.39 is 0 Å². The second kappa shape index (κ2) is 6.78. The third-order valence-corrected chi connectivity index (χ3v) is 4.04. The highest BCUT2D eigenvalue weighted by molar-refractivity contribution is 5.18. The summed E-state index contributed by atoms with van der Waals surface area (Å²) in [6, 6.07) is 4.11. The van der Waals surface area contributed by atoms with E-state index in [0.29, 0.717) is 6.10 Å². The molecule has 1 aromatic heterocycles. The fraction of sp³-hybridized carbons (Fsp3) is 0.722. The topological polar surface area (TPSA) is 34.1 Å². The number of nitrogens with one attached hydrogen (secondary N) is 1. The van der Waals surface area contributed by atoms with E-state index in [-0.39, 0.29) is 5.54 Å². The van der Waals surface area contributed by atoms with E-state index in [9.17, 15) is 0 Å². The van der Waals surface area contributed by atoms with Gasteiger partial charge in [-0.15, -0.1) is 0 Å². The highest BCUT2D eigenvalue weighted by atomic mass is 16.5. The van der Waals surface area contributed by atoms with Gasteiger partial charge in [0.05, 0.1) is 0 Å². The zero-order valence-electron chi connectivity index (χ0n) is 14.1. The summed E-state index contributed by atoms with van der Waals surface area (Å²) in [5, 5.41) is 3.47. The number of hydrogen-bond acceptors (Lipinski definition) is 3. The van der Waals surface area contributed by atoms with Crippen molar-refractivity contribution < 1.29 is 4.74 Å². The first-order chi connectivity index (χ1) is 9.82. The lowest BCUT2D eigenvalue weighted by Gasteiger charge is -2.31. The number of ether oxygens (including phenoxy) is 1. The van der Waals surface area contributed by atoms with Crippen molar-refractivity contribution in [2.45, 2.75) is 72.1 Å². The number of hydrogen-bond donors (Lipinski definition) is 1. The van der Waals surface area contributed by atoms with E-state index in [1.807, 2.05) is 12.3 Å². The lowest BCUT2D eigenvalue weighted by atomic mass is 9.82. The molecule has 1 aliphatic carbocycles. The first-order valence-corrected chi connectivity index (χ1v) is 8.18. The summed E-state index contributed by atoms with van der Waals surface area (Å²) in [5.74, 6) is 2.28. The molecule has 0 saturated heterocycles. The van der Waals surface area contributed by atoms with Crippen LogP contribution in [0.25, 0.3) is 0 Å². The molecule has 3 nitrogen and oxygen atoms in total. The van der Waals surface area contributed by atoms with Crippen LogP contribution in [0.2, 0.25) is 0 Å². The van der Waals surface area contributed by atoms with Crippen LogP contribution in [0.15, 0.2) is 18.3 Å². The summed E-state index contributed by atoms with van der Waals surface area (Å²) in [6.45, 7) is 12.0. The van der Waals surface area contributed by atoms with Gasteiger partial charge in [-0.05, 0) is 57.4 Å². The van der Waals surface area contributed by atoms with Crippen LogP contribution < -0.4 is 10.1 Å². The molecule has 2 rings (SSSR count). The first kappa shape index (κ1) is 16.3. The number of rotatable bonds is 4. The maximum atomic E-state index is 6.07. The summed E-state index contributed by atoms with van der Waals surface area (Å²) in [6.07, 6.45) is 5.88. The molecular weight excluding hydrogens is 260 g/mol. The molecule has 0 amide bonds. The van der Waals surface area contributed by atoms with Crippen LogP contribution in [-0.4, -0.2) is 16.6 Å². The third-order valence-electron chi connectivity index (χ3n) is 4.04. The van der Waals surface area contributed by atoms with Crippen molar-refractivity contribution in [2.75, 3.05) is 0 Å².